The first kappa shape index (κ1) is 16.7. The molecule has 1 amide bonds. The van der Waals surface area contributed by atoms with Crippen LogP contribution in [0.4, 0.5) is 15.8 Å². The number of halogens is 1. The Morgan fingerprint density at radius 3 is 2.35 bits per heavy atom. The largest absolute Gasteiger partial charge is 0.384 e. The van der Waals surface area contributed by atoms with Gasteiger partial charge in [0.15, 0.2) is 5.78 Å². The highest BCUT2D eigenvalue weighted by Crippen LogP contribution is 2.19. The SMILES string of the molecule is CC(=O)Nc1ccc(CCNc2cccc(F)c2C(C)=O)cc1. The van der Waals surface area contributed by atoms with Crippen LogP contribution >= 0.6 is 0 Å². The highest BCUT2D eigenvalue weighted by molar-refractivity contribution is 5.99. The van der Waals surface area contributed by atoms with E-state index in [2.05, 4.69) is 10.6 Å². The molecule has 2 aromatic carbocycles. The maximum atomic E-state index is 13.7. The van der Waals surface area contributed by atoms with Crippen molar-refractivity contribution in [2.24, 2.45) is 0 Å². The van der Waals surface area contributed by atoms with E-state index in [0.717, 1.165) is 11.3 Å². The summed E-state index contributed by atoms with van der Waals surface area (Å²) in [6.07, 6.45) is 0.716. The summed E-state index contributed by atoms with van der Waals surface area (Å²) in [5.41, 5.74) is 2.42. The first-order valence-electron chi connectivity index (χ1n) is 7.37. The highest BCUT2D eigenvalue weighted by Gasteiger charge is 2.12. The zero-order chi connectivity index (χ0) is 16.8. The molecule has 0 atom stereocenters. The number of hydrogen-bond acceptors (Lipinski definition) is 3. The van der Waals surface area contributed by atoms with Crippen molar-refractivity contribution < 1.29 is 14.0 Å². The number of Topliss-reactive ketones (excluding diaryl/α,β-unsaturated/α-hetero) is 1. The van der Waals surface area contributed by atoms with Gasteiger partial charge in [-0.1, -0.05) is 18.2 Å². The molecule has 2 aromatic rings. The molecule has 0 bridgehead atoms. The number of amides is 1. The number of hydrogen-bond donors (Lipinski definition) is 2. The first-order chi connectivity index (χ1) is 11.0. The average molecular weight is 314 g/mol. The predicted molar refractivity (Wildman–Crippen MR) is 89.3 cm³/mol. The van der Waals surface area contributed by atoms with E-state index in [1.54, 1.807) is 12.1 Å². The van der Waals surface area contributed by atoms with Crippen LogP contribution in [0.1, 0.15) is 29.8 Å². The number of anilines is 2. The Morgan fingerprint density at radius 2 is 1.74 bits per heavy atom. The van der Waals surface area contributed by atoms with E-state index in [4.69, 9.17) is 0 Å². The van der Waals surface area contributed by atoms with Gasteiger partial charge in [-0.05, 0) is 43.2 Å². The van der Waals surface area contributed by atoms with Crippen molar-refractivity contribution in [2.75, 3.05) is 17.2 Å². The van der Waals surface area contributed by atoms with E-state index >= 15 is 0 Å². The Hall–Kier alpha value is -2.69. The molecule has 0 aliphatic heterocycles. The maximum Gasteiger partial charge on any atom is 0.221 e. The van der Waals surface area contributed by atoms with Crippen LogP contribution in [0.5, 0.6) is 0 Å². The molecule has 0 unspecified atom stereocenters. The Bertz CT molecular complexity index is 711. The molecule has 5 heteroatoms. The molecule has 4 nitrogen and oxygen atoms in total. The lowest BCUT2D eigenvalue weighted by Crippen LogP contribution is -2.10. The van der Waals surface area contributed by atoms with Gasteiger partial charge in [-0.2, -0.15) is 0 Å². The number of nitrogens with one attached hydrogen (secondary N) is 2. The summed E-state index contributed by atoms with van der Waals surface area (Å²) in [5.74, 6) is -0.922. The minimum atomic E-state index is -0.512. The number of ketones is 1. The van der Waals surface area contributed by atoms with Gasteiger partial charge < -0.3 is 10.6 Å². The molecule has 0 aliphatic carbocycles. The summed E-state index contributed by atoms with van der Waals surface area (Å²) in [6, 6.07) is 12.1. The zero-order valence-corrected chi connectivity index (χ0v) is 13.2. The van der Waals surface area contributed by atoms with Crippen LogP contribution < -0.4 is 10.6 Å². The molecule has 0 saturated carbocycles. The standard InChI is InChI=1S/C18H19FN2O2/c1-12(22)18-16(19)4-3-5-17(18)20-11-10-14-6-8-15(9-7-14)21-13(2)23/h3-9,20H,10-11H2,1-2H3,(H,21,23). The number of carbonyl (C=O) groups is 2. The molecule has 0 saturated heterocycles. The van der Waals surface area contributed by atoms with Crippen LogP contribution in [-0.4, -0.2) is 18.2 Å². The van der Waals surface area contributed by atoms with Crippen LogP contribution in [0.3, 0.4) is 0 Å². The quantitative estimate of drug-likeness (QED) is 0.800. The Kier molecular flexibility index (Phi) is 5.46. The minimum absolute atomic E-state index is 0.0912. The molecular formula is C18H19FN2O2. The fourth-order valence-corrected chi connectivity index (χ4v) is 2.33. The van der Waals surface area contributed by atoms with Gasteiger partial charge >= 0.3 is 0 Å². The van der Waals surface area contributed by atoms with Gasteiger partial charge in [0.05, 0.1) is 5.56 Å². The Balaban J connectivity index is 1.96. The Labute approximate surface area is 134 Å². The third-order valence-electron chi connectivity index (χ3n) is 3.37. The summed E-state index contributed by atoms with van der Waals surface area (Å²) < 4.78 is 13.7. The lowest BCUT2D eigenvalue weighted by atomic mass is 10.1. The van der Waals surface area contributed by atoms with E-state index < -0.39 is 5.82 Å². The van der Waals surface area contributed by atoms with Crippen LogP contribution in [0, 0.1) is 5.82 Å². The van der Waals surface area contributed by atoms with E-state index in [-0.39, 0.29) is 17.3 Å². The van der Waals surface area contributed by atoms with Gasteiger partial charge in [0, 0.05) is 24.8 Å². The number of carbonyl (C=O) groups excluding carboxylic acids is 2. The molecule has 0 heterocycles. The van der Waals surface area contributed by atoms with E-state index in [1.807, 2.05) is 24.3 Å². The summed E-state index contributed by atoms with van der Waals surface area (Å²) in [7, 11) is 0. The van der Waals surface area contributed by atoms with Gasteiger partial charge in [0.25, 0.3) is 0 Å². The fourth-order valence-electron chi connectivity index (χ4n) is 2.33. The van der Waals surface area contributed by atoms with Gasteiger partial charge in [0.2, 0.25) is 5.91 Å². The maximum absolute atomic E-state index is 13.7. The highest BCUT2D eigenvalue weighted by atomic mass is 19.1. The van der Waals surface area contributed by atoms with Crippen LogP contribution in [-0.2, 0) is 11.2 Å². The molecule has 120 valence electrons. The molecule has 23 heavy (non-hydrogen) atoms. The lowest BCUT2D eigenvalue weighted by Gasteiger charge is -2.11. The second-order valence-electron chi connectivity index (χ2n) is 5.27. The van der Waals surface area contributed by atoms with Crippen molar-refractivity contribution >= 4 is 23.1 Å². The van der Waals surface area contributed by atoms with E-state index in [9.17, 15) is 14.0 Å². The number of rotatable bonds is 6. The summed E-state index contributed by atoms with van der Waals surface area (Å²) in [5, 5.41) is 5.81. The first-order valence-corrected chi connectivity index (χ1v) is 7.37. The second kappa shape index (κ2) is 7.54. The zero-order valence-electron chi connectivity index (χ0n) is 13.2. The predicted octanol–water partition coefficient (Wildman–Crippen LogP) is 3.64. The van der Waals surface area contributed by atoms with Crippen molar-refractivity contribution in [3.63, 3.8) is 0 Å². The fraction of sp³-hybridized carbons (Fsp3) is 0.222. The molecular weight excluding hydrogens is 295 g/mol. The molecule has 0 aromatic heterocycles. The molecule has 2 N–H and O–H groups in total. The summed E-state index contributed by atoms with van der Waals surface area (Å²) in [4.78, 5) is 22.5. The van der Waals surface area contributed by atoms with Gasteiger partial charge in [-0.25, -0.2) is 4.39 Å². The van der Waals surface area contributed by atoms with Gasteiger partial charge in [-0.15, -0.1) is 0 Å². The summed E-state index contributed by atoms with van der Waals surface area (Å²) in [6.45, 7) is 3.39. The number of benzene rings is 2. The van der Waals surface area contributed by atoms with Crippen LogP contribution in [0.2, 0.25) is 0 Å². The smallest absolute Gasteiger partial charge is 0.221 e. The Morgan fingerprint density at radius 1 is 1.04 bits per heavy atom. The normalized spacial score (nSPS) is 10.2. The van der Waals surface area contributed by atoms with E-state index in [0.29, 0.717) is 18.7 Å². The molecule has 0 fully saturated rings. The summed E-state index contributed by atoms with van der Waals surface area (Å²) >= 11 is 0. The molecule has 0 aliphatic rings. The van der Waals surface area contributed by atoms with Crippen LogP contribution in [0.15, 0.2) is 42.5 Å². The molecule has 0 spiro atoms. The topological polar surface area (TPSA) is 58.2 Å². The van der Waals surface area contributed by atoms with Crippen molar-refractivity contribution in [2.45, 2.75) is 20.3 Å². The average Bonchev–Trinajstić information content (AvgIpc) is 2.48. The van der Waals surface area contributed by atoms with Crippen molar-refractivity contribution in [3.8, 4) is 0 Å². The molecule has 2 rings (SSSR count). The minimum Gasteiger partial charge on any atom is -0.384 e. The third kappa shape index (κ3) is 4.64. The molecule has 0 radical (unpaired) electrons. The van der Waals surface area contributed by atoms with Crippen molar-refractivity contribution in [1.82, 2.24) is 0 Å². The van der Waals surface area contributed by atoms with Gasteiger partial charge in [-0.3, -0.25) is 9.59 Å². The second-order valence-corrected chi connectivity index (χ2v) is 5.27. The van der Waals surface area contributed by atoms with E-state index in [1.165, 1.54) is 19.9 Å². The van der Waals surface area contributed by atoms with Crippen molar-refractivity contribution in [1.29, 1.82) is 0 Å². The lowest BCUT2D eigenvalue weighted by molar-refractivity contribution is -0.114. The van der Waals surface area contributed by atoms with Crippen LogP contribution in [0.25, 0.3) is 0 Å². The monoisotopic (exact) mass is 314 g/mol. The third-order valence-corrected chi connectivity index (χ3v) is 3.37. The van der Waals surface area contributed by atoms with Crippen molar-refractivity contribution in [3.05, 3.63) is 59.4 Å². The van der Waals surface area contributed by atoms with Gasteiger partial charge in [0.1, 0.15) is 5.82 Å².